The summed E-state index contributed by atoms with van der Waals surface area (Å²) < 4.78 is 16.9. The lowest BCUT2D eigenvalue weighted by molar-refractivity contribution is -0.176. The molecule has 0 bridgehead atoms. The summed E-state index contributed by atoms with van der Waals surface area (Å²) in [5.41, 5.74) is -1.02. The first-order valence-electron chi connectivity index (χ1n) is 11.8. The zero-order chi connectivity index (χ0) is 25.3. The van der Waals surface area contributed by atoms with E-state index in [1.165, 1.54) is 20.8 Å². The molecule has 8 atom stereocenters. The Hall–Kier alpha value is -2.77. The van der Waals surface area contributed by atoms with Crippen LogP contribution in [0.5, 0.6) is 0 Å². The molecule has 2 fully saturated rings. The van der Waals surface area contributed by atoms with E-state index in [2.05, 4.69) is 6.58 Å². The van der Waals surface area contributed by atoms with Crippen LogP contribution >= 0.6 is 0 Å². The molecule has 34 heavy (non-hydrogen) atoms. The number of fused-ring (bicyclic) bond motifs is 2. The van der Waals surface area contributed by atoms with E-state index in [0.29, 0.717) is 12.8 Å². The van der Waals surface area contributed by atoms with Crippen molar-refractivity contribution in [2.24, 2.45) is 28.6 Å². The molecule has 0 unspecified atom stereocenters. The van der Waals surface area contributed by atoms with Gasteiger partial charge in [-0.2, -0.15) is 0 Å². The van der Waals surface area contributed by atoms with E-state index < -0.39 is 58.8 Å². The van der Waals surface area contributed by atoms with E-state index in [-0.39, 0.29) is 28.8 Å². The monoisotopic (exact) mass is 472 g/mol. The molecule has 4 aliphatic carbocycles. The van der Waals surface area contributed by atoms with Crippen LogP contribution in [0.15, 0.2) is 23.3 Å². The predicted molar refractivity (Wildman–Crippen MR) is 119 cm³/mol. The van der Waals surface area contributed by atoms with Crippen molar-refractivity contribution < 1.29 is 38.2 Å². The fourth-order valence-electron chi connectivity index (χ4n) is 6.69. The molecule has 184 valence electrons. The molecule has 0 aromatic heterocycles. The van der Waals surface area contributed by atoms with Gasteiger partial charge in [0.05, 0.1) is 5.41 Å². The van der Waals surface area contributed by atoms with E-state index in [0.717, 1.165) is 12.0 Å². The first-order valence-corrected chi connectivity index (χ1v) is 11.8. The van der Waals surface area contributed by atoms with Crippen LogP contribution in [0.4, 0.5) is 0 Å². The molecule has 4 rings (SSSR count). The summed E-state index contributed by atoms with van der Waals surface area (Å²) in [6, 6.07) is 0. The summed E-state index contributed by atoms with van der Waals surface area (Å²) in [6.07, 6.45) is -1.82. The van der Waals surface area contributed by atoms with Gasteiger partial charge in [0.2, 0.25) is 5.78 Å². The smallest absolute Gasteiger partial charge is 0.303 e. The Kier molecular flexibility index (Phi) is 5.65. The molecule has 0 N–H and O–H groups in total. The molecule has 0 amide bonds. The standard InChI is InChI=1S/C26H32O8/c1-11-8-9-25(7)18(13(11)3)22(33-15(5)28)21(32-14(4)27)17-19(25)20(30)24(34-16(6)29)26(23(17)31)10-12(26)2/h11-12,18,21-22,24H,3,8-10H2,1-2,4-7H3/t11-,12+,18+,21+,22+,24+,25+,26-/m1/s1. The Morgan fingerprint density at radius 2 is 1.53 bits per heavy atom. The second-order valence-electron chi connectivity index (χ2n) is 10.6. The summed E-state index contributed by atoms with van der Waals surface area (Å²) in [4.78, 5) is 64.5. The zero-order valence-electron chi connectivity index (χ0n) is 20.6. The van der Waals surface area contributed by atoms with Crippen molar-refractivity contribution in [3.05, 3.63) is 23.3 Å². The predicted octanol–water partition coefficient (Wildman–Crippen LogP) is 2.88. The first-order chi connectivity index (χ1) is 15.8. The maximum Gasteiger partial charge on any atom is 0.303 e. The number of rotatable bonds is 3. The fourth-order valence-corrected chi connectivity index (χ4v) is 6.69. The maximum atomic E-state index is 14.1. The zero-order valence-corrected chi connectivity index (χ0v) is 20.6. The number of hydrogen-bond donors (Lipinski definition) is 0. The number of hydrogen-bond acceptors (Lipinski definition) is 8. The number of carbonyl (C=O) groups is 5. The Morgan fingerprint density at radius 3 is 2.03 bits per heavy atom. The van der Waals surface area contributed by atoms with Crippen molar-refractivity contribution >= 4 is 29.5 Å². The van der Waals surface area contributed by atoms with E-state index in [9.17, 15) is 24.0 Å². The third-order valence-corrected chi connectivity index (χ3v) is 8.43. The topological polar surface area (TPSA) is 113 Å². The molecule has 8 nitrogen and oxygen atoms in total. The van der Waals surface area contributed by atoms with Gasteiger partial charge in [0.15, 0.2) is 24.1 Å². The summed E-state index contributed by atoms with van der Waals surface area (Å²) in [5, 5.41) is 0. The molecule has 1 spiro atoms. The van der Waals surface area contributed by atoms with Gasteiger partial charge in [-0.3, -0.25) is 24.0 Å². The van der Waals surface area contributed by atoms with Gasteiger partial charge in [0.1, 0.15) is 0 Å². The van der Waals surface area contributed by atoms with Gasteiger partial charge in [-0.1, -0.05) is 32.9 Å². The van der Waals surface area contributed by atoms with Crippen LogP contribution in [0, 0.1) is 28.6 Å². The molecule has 8 heteroatoms. The van der Waals surface area contributed by atoms with Crippen LogP contribution in [0.1, 0.15) is 60.8 Å². The van der Waals surface area contributed by atoms with Crippen LogP contribution in [-0.4, -0.2) is 47.8 Å². The minimum atomic E-state index is -1.24. The molecule has 0 aliphatic heterocycles. The lowest BCUT2D eigenvalue weighted by Gasteiger charge is -2.55. The summed E-state index contributed by atoms with van der Waals surface area (Å²) in [5.74, 6) is -3.35. The number of ketones is 2. The second-order valence-corrected chi connectivity index (χ2v) is 10.6. The Labute approximate surface area is 199 Å². The quantitative estimate of drug-likeness (QED) is 0.350. The van der Waals surface area contributed by atoms with Crippen LogP contribution in [0.25, 0.3) is 0 Å². The maximum absolute atomic E-state index is 14.1. The van der Waals surface area contributed by atoms with Crippen molar-refractivity contribution in [2.45, 2.75) is 79.1 Å². The van der Waals surface area contributed by atoms with Gasteiger partial charge < -0.3 is 14.2 Å². The number of Topliss-reactive ketones (excluding diaryl/α,β-unsaturated/α-hetero) is 2. The van der Waals surface area contributed by atoms with Crippen LogP contribution in [0.2, 0.25) is 0 Å². The van der Waals surface area contributed by atoms with Gasteiger partial charge in [-0.25, -0.2) is 0 Å². The first kappa shape index (κ1) is 24.4. The minimum Gasteiger partial charge on any atom is -0.458 e. The third-order valence-electron chi connectivity index (χ3n) is 8.43. The summed E-state index contributed by atoms with van der Waals surface area (Å²) in [6.45, 7) is 13.7. The van der Waals surface area contributed by atoms with Crippen molar-refractivity contribution in [1.82, 2.24) is 0 Å². The average Bonchev–Trinajstić information content (AvgIpc) is 3.39. The van der Waals surface area contributed by atoms with E-state index in [1.54, 1.807) is 0 Å². The number of ether oxygens (including phenoxy) is 3. The molecule has 0 heterocycles. The largest absolute Gasteiger partial charge is 0.458 e. The highest BCUT2D eigenvalue weighted by molar-refractivity contribution is 6.20. The Balaban J connectivity index is 2.01. The van der Waals surface area contributed by atoms with Gasteiger partial charge in [0.25, 0.3) is 0 Å². The molecule has 0 aromatic rings. The minimum absolute atomic E-state index is 0.0738. The molecule has 0 aromatic carbocycles. The van der Waals surface area contributed by atoms with E-state index >= 15 is 0 Å². The average molecular weight is 473 g/mol. The van der Waals surface area contributed by atoms with Crippen molar-refractivity contribution in [3.8, 4) is 0 Å². The summed E-state index contributed by atoms with van der Waals surface area (Å²) >= 11 is 0. The van der Waals surface area contributed by atoms with Crippen molar-refractivity contribution in [1.29, 1.82) is 0 Å². The Bertz CT molecular complexity index is 1050. The van der Waals surface area contributed by atoms with Gasteiger partial charge in [-0.05, 0) is 31.1 Å². The third kappa shape index (κ3) is 3.28. The van der Waals surface area contributed by atoms with Crippen LogP contribution in [-0.2, 0) is 38.2 Å². The SMILES string of the molecule is C=C1[C@H](C)CC[C@]2(C)C3=C(C(=O)[C@]4(C[C@@H]4C)[C@@H](OC(C)=O)C3=O)[C@H](OC(C)=O)[C@@H](OC(C)=O)[C@H]12. The summed E-state index contributed by atoms with van der Waals surface area (Å²) in [7, 11) is 0. The number of esters is 3. The molecular weight excluding hydrogens is 440 g/mol. The van der Waals surface area contributed by atoms with Gasteiger partial charge in [-0.15, -0.1) is 0 Å². The molecule has 0 saturated heterocycles. The van der Waals surface area contributed by atoms with E-state index in [1.807, 2.05) is 20.8 Å². The second kappa shape index (κ2) is 7.89. The Morgan fingerprint density at radius 1 is 0.971 bits per heavy atom. The number of carbonyl (C=O) groups excluding carboxylic acids is 5. The van der Waals surface area contributed by atoms with E-state index in [4.69, 9.17) is 14.2 Å². The van der Waals surface area contributed by atoms with Crippen molar-refractivity contribution in [2.75, 3.05) is 0 Å². The lowest BCUT2D eigenvalue weighted by atomic mass is 9.50. The molecule has 2 saturated carbocycles. The highest BCUT2D eigenvalue weighted by Crippen LogP contribution is 2.66. The van der Waals surface area contributed by atoms with Gasteiger partial charge in [0, 0.05) is 43.3 Å². The van der Waals surface area contributed by atoms with Crippen molar-refractivity contribution in [3.63, 3.8) is 0 Å². The van der Waals surface area contributed by atoms with Crippen LogP contribution in [0.3, 0.4) is 0 Å². The van der Waals surface area contributed by atoms with Crippen LogP contribution < -0.4 is 0 Å². The molecule has 4 aliphatic rings. The lowest BCUT2D eigenvalue weighted by Crippen LogP contribution is -2.62. The highest BCUT2D eigenvalue weighted by atomic mass is 16.6. The molecule has 0 radical (unpaired) electrons. The highest BCUT2D eigenvalue weighted by Gasteiger charge is 2.73. The fraction of sp³-hybridized carbons (Fsp3) is 0.654. The molecular formula is C26H32O8. The van der Waals surface area contributed by atoms with Gasteiger partial charge >= 0.3 is 17.9 Å². The normalized spacial score (nSPS) is 40.9.